The van der Waals surface area contributed by atoms with E-state index in [0.717, 1.165) is 20.3 Å². The first-order chi connectivity index (χ1) is 8.70. The normalized spacial score (nSPS) is 12.6. The molecule has 0 aliphatic carbocycles. The highest BCUT2D eigenvalue weighted by Gasteiger charge is 2.13. The summed E-state index contributed by atoms with van der Waals surface area (Å²) in [5, 5.41) is 10.3. The van der Waals surface area contributed by atoms with Crippen LogP contribution in [0.25, 0.3) is 0 Å². The standard InChI is InChI=1S/C14H15ClO2S/c1-17-9-10-4-2-3-5-12(10)13(16)8-11-6-7-14(15)18-11/h2-7,13,16H,8-9H2,1H3. The van der Waals surface area contributed by atoms with Crippen molar-refractivity contribution in [2.75, 3.05) is 7.11 Å². The van der Waals surface area contributed by atoms with E-state index in [1.807, 2.05) is 36.4 Å². The highest BCUT2D eigenvalue weighted by Crippen LogP contribution is 2.28. The lowest BCUT2D eigenvalue weighted by Crippen LogP contribution is -2.05. The van der Waals surface area contributed by atoms with Gasteiger partial charge in [-0.3, -0.25) is 0 Å². The van der Waals surface area contributed by atoms with E-state index in [-0.39, 0.29) is 0 Å². The number of hydrogen-bond acceptors (Lipinski definition) is 3. The zero-order valence-corrected chi connectivity index (χ0v) is 11.7. The minimum Gasteiger partial charge on any atom is -0.388 e. The Morgan fingerprint density at radius 3 is 2.72 bits per heavy atom. The van der Waals surface area contributed by atoms with Gasteiger partial charge in [0.05, 0.1) is 17.0 Å². The molecule has 1 N–H and O–H groups in total. The van der Waals surface area contributed by atoms with Gasteiger partial charge in [0, 0.05) is 18.4 Å². The van der Waals surface area contributed by atoms with Gasteiger partial charge in [0.2, 0.25) is 0 Å². The maximum atomic E-state index is 10.3. The number of aliphatic hydroxyl groups is 1. The Morgan fingerprint density at radius 1 is 1.28 bits per heavy atom. The monoisotopic (exact) mass is 282 g/mol. The SMILES string of the molecule is COCc1ccccc1C(O)Cc1ccc(Cl)s1. The molecule has 0 bridgehead atoms. The lowest BCUT2D eigenvalue weighted by atomic mass is 10.0. The van der Waals surface area contributed by atoms with Gasteiger partial charge in [0.1, 0.15) is 0 Å². The van der Waals surface area contributed by atoms with E-state index in [2.05, 4.69) is 0 Å². The minimum atomic E-state index is -0.522. The van der Waals surface area contributed by atoms with Crippen molar-refractivity contribution in [1.82, 2.24) is 0 Å². The molecule has 0 spiro atoms. The average Bonchev–Trinajstić information content (AvgIpc) is 2.76. The van der Waals surface area contributed by atoms with E-state index in [1.165, 1.54) is 11.3 Å². The summed E-state index contributed by atoms with van der Waals surface area (Å²) in [5.41, 5.74) is 1.94. The van der Waals surface area contributed by atoms with Crippen molar-refractivity contribution in [2.24, 2.45) is 0 Å². The number of hydrogen-bond donors (Lipinski definition) is 1. The summed E-state index contributed by atoms with van der Waals surface area (Å²) >= 11 is 7.39. The minimum absolute atomic E-state index is 0.512. The van der Waals surface area contributed by atoms with Crippen LogP contribution >= 0.6 is 22.9 Å². The van der Waals surface area contributed by atoms with Crippen LogP contribution in [0.1, 0.15) is 22.1 Å². The summed E-state index contributed by atoms with van der Waals surface area (Å²) in [6.45, 7) is 0.512. The van der Waals surface area contributed by atoms with Crippen LogP contribution in [-0.4, -0.2) is 12.2 Å². The number of rotatable bonds is 5. The molecule has 0 fully saturated rings. The van der Waals surface area contributed by atoms with Gasteiger partial charge in [-0.25, -0.2) is 0 Å². The highest BCUT2D eigenvalue weighted by molar-refractivity contribution is 7.16. The number of aliphatic hydroxyl groups excluding tert-OH is 1. The van der Waals surface area contributed by atoms with E-state index in [9.17, 15) is 5.11 Å². The Morgan fingerprint density at radius 2 is 2.06 bits per heavy atom. The Bertz CT molecular complexity index is 510. The van der Waals surface area contributed by atoms with Gasteiger partial charge in [-0.05, 0) is 23.3 Å². The summed E-state index contributed by atoms with van der Waals surface area (Å²) < 4.78 is 5.90. The Kier molecular flexibility index (Phi) is 4.78. The second kappa shape index (κ2) is 6.34. The van der Waals surface area contributed by atoms with E-state index in [0.29, 0.717) is 13.0 Å². The predicted molar refractivity (Wildman–Crippen MR) is 75.1 cm³/mol. The topological polar surface area (TPSA) is 29.5 Å². The van der Waals surface area contributed by atoms with Gasteiger partial charge in [0.15, 0.2) is 0 Å². The molecule has 4 heteroatoms. The second-order valence-corrected chi connectivity index (χ2v) is 5.86. The van der Waals surface area contributed by atoms with E-state index < -0.39 is 6.10 Å². The van der Waals surface area contributed by atoms with Crippen molar-refractivity contribution in [3.05, 3.63) is 56.7 Å². The first kappa shape index (κ1) is 13.6. The van der Waals surface area contributed by atoms with Crippen molar-refractivity contribution in [3.8, 4) is 0 Å². The van der Waals surface area contributed by atoms with Crippen LogP contribution in [0.2, 0.25) is 4.34 Å². The lowest BCUT2D eigenvalue weighted by molar-refractivity contribution is 0.162. The van der Waals surface area contributed by atoms with Crippen LogP contribution < -0.4 is 0 Å². The molecule has 96 valence electrons. The number of thiophene rings is 1. The van der Waals surface area contributed by atoms with E-state index in [4.69, 9.17) is 16.3 Å². The summed E-state index contributed by atoms with van der Waals surface area (Å²) in [4.78, 5) is 1.08. The summed E-state index contributed by atoms with van der Waals surface area (Å²) in [6, 6.07) is 11.6. The zero-order valence-electron chi connectivity index (χ0n) is 10.1. The molecule has 2 aromatic rings. The van der Waals surface area contributed by atoms with Crippen molar-refractivity contribution < 1.29 is 9.84 Å². The molecule has 1 heterocycles. The van der Waals surface area contributed by atoms with Crippen LogP contribution in [-0.2, 0) is 17.8 Å². The Labute approximate surface area is 116 Å². The first-order valence-corrected chi connectivity index (χ1v) is 6.89. The number of methoxy groups -OCH3 is 1. The predicted octanol–water partition coefficient (Wildman–Crippen LogP) is 3.82. The van der Waals surface area contributed by atoms with E-state index in [1.54, 1.807) is 7.11 Å². The number of halogens is 1. The number of benzene rings is 1. The van der Waals surface area contributed by atoms with Gasteiger partial charge in [-0.15, -0.1) is 11.3 Å². The van der Waals surface area contributed by atoms with Crippen LogP contribution in [0.4, 0.5) is 0 Å². The summed E-state index contributed by atoms with van der Waals surface area (Å²) in [7, 11) is 1.65. The molecule has 0 amide bonds. The maximum absolute atomic E-state index is 10.3. The maximum Gasteiger partial charge on any atom is 0.0931 e. The van der Waals surface area contributed by atoms with Crippen molar-refractivity contribution >= 4 is 22.9 Å². The van der Waals surface area contributed by atoms with Gasteiger partial charge in [0.25, 0.3) is 0 Å². The molecule has 0 aliphatic rings. The van der Waals surface area contributed by atoms with Gasteiger partial charge in [-0.2, -0.15) is 0 Å². The smallest absolute Gasteiger partial charge is 0.0931 e. The molecule has 0 radical (unpaired) electrons. The molecular weight excluding hydrogens is 268 g/mol. The molecule has 18 heavy (non-hydrogen) atoms. The van der Waals surface area contributed by atoms with Crippen molar-refractivity contribution in [2.45, 2.75) is 19.1 Å². The Hall–Kier alpha value is -0.870. The summed E-state index contributed by atoms with van der Waals surface area (Å²) in [5.74, 6) is 0. The molecule has 0 saturated carbocycles. The fourth-order valence-electron chi connectivity index (χ4n) is 1.91. The van der Waals surface area contributed by atoms with Crippen LogP contribution in [0, 0.1) is 0 Å². The van der Waals surface area contributed by atoms with Crippen LogP contribution in [0.3, 0.4) is 0 Å². The van der Waals surface area contributed by atoms with Crippen molar-refractivity contribution in [1.29, 1.82) is 0 Å². The fraction of sp³-hybridized carbons (Fsp3) is 0.286. The van der Waals surface area contributed by atoms with Crippen LogP contribution in [0.15, 0.2) is 36.4 Å². The third kappa shape index (κ3) is 3.33. The molecule has 1 aromatic carbocycles. The van der Waals surface area contributed by atoms with Gasteiger partial charge < -0.3 is 9.84 Å². The van der Waals surface area contributed by atoms with Crippen LogP contribution in [0.5, 0.6) is 0 Å². The molecular formula is C14H15ClO2S. The largest absolute Gasteiger partial charge is 0.388 e. The average molecular weight is 283 g/mol. The quantitative estimate of drug-likeness (QED) is 0.903. The van der Waals surface area contributed by atoms with Gasteiger partial charge >= 0.3 is 0 Å². The first-order valence-electron chi connectivity index (χ1n) is 5.69. The van der Waals surface area contributed by atoms with E-state index >= 15 is 0 Å². The third-order valence-corrected chi connectivity index (χ3v) is 3.99. The second-order valence-electron chi connectivity index (χ2n) is 4.06. The zero-order chi connectivity index (χ0) is 13.0. The lowest BCUT2D eigenvalue weighted by Gasteiger charge is -2.14. The highest BCUT2D eigenvalue weighted by atomic mass is 35.5. The summed E-state index contributed by atoms with van der Waals surface area (Å²) in [6.07, 6.45) is 0.0593. The molecule has 1 atom stereocenters. The molecule has 2 nitrogen and oxygen atoms in total. The van der Waals surface area contributed by atoms with Crippen molar-refractivity contribution in [3.63, 3.8) is 0 Å². The molecule has 1 aromatic heterocycles. The number of ether oxygens (including phenoxy) is 1. The molecule has 1 unspecified atom stereocenters. The molecule has 0 saturated heterocycles. The molecule has 0 aliphatic heterocycles. The Balaban J connectivity index is 2.15. The molecule has 2 rings (SSSR count). The fourth-order valence-corrected chi connectivity index (χ4v) is 3.03. The van der Waals surface area contributed by atoms with Gasteiger partial charge in [-0.1, -0.05) is 35.9 Å². The third-order valence-electron chi connectivity index (χ3n) is 2.74.